The maximum absolute atomic E-state index is 5.92. The minimum atomic E-state index is -2.44. The fraction of sp³-hybridized carbons (Fsp3) is 1.00. The fourth-order valence-corrected chi connectivity index (χ4v) is 6.30. The lowest BCUT2D eigenvalue weighted by Gasteiger charge is -2.28. The van der Waals surface area contributed by atoms with Crippen molar-refractivity contribution in [2.24, 2.45) is 0 Å². The number of ether oxygens (including phenoxy) is 4. The molecule has 8 heteroatoms. The van der Waals surface area contributed by atoms with Crippen LogP contribution in [0.1, 0.15) is 85.0 Å². The molecule has 200 valence electrons. The topological polar surface area (TPSA) is 64.6 Å². The van der Waals surface area contributed by atoms with E-state index in [0.717, 1.165) is 45.1 Å². The molecule has 0 saturated heterocycles. The molecule has 0 spiro atoms. The van der Waals surface area contributed by atoms with Gasteiger partial charge < -0.3 is 32.2 Å². The summed E-state index contributed by atoms with van der Waals surface area (Å²) in [4.78, 5) is 0. The molecule has 0 N–H and O–H groups in total. The van der Waals surface area contributed by atoms with E-state index in [-0.39, 0.29) is 0 Å². The Balaban J connectivity index is 3.35. The van der Waals surface area contributed by atoms with Gasteiger partial charge in [0.25, 0.3) is 0 Å². The van der Waals surface area contributed by atoms with Crippen molar-refractivity contribution in [2.45, 2.75) is 91.0 Å². The van der Waals surface area contributed by atoms with E-state index in [9.17, 15) is 0 Å². The van der Waals surface area contributed by atoms with Gasteiger partial charge in [0.15, 0.2) is 0 Å². The molecule has 0 radical (unpaired) electrons. The van der Waals surface area contributed by atoms with Crippen LogP contribution >= 0.6 is 0 Å². The van der Waals surface area contributed by atoms with E-state index in [0.29, 0.717) is 46.2 Å². The zero-order valence-electron chi connectivity index (χ0n) is 22.2. The molecular weight excluding hydrogens is 440 g/mol. The standard InChI is InChI=1S/C25H54O7Si/c1-5-30-33(31-6-2,32-7-3)25-16-14-12-10-8-9-11-13-15-18-27-19-17-20-28-23-24-29-22-21-26-4/h5-25H2,1-4H3. The van der Waals surface area contributed by atoms with Gasteiger partial charge >= 0.3 is 8.80 Å². The number of unbranched alkanes of at least 4 members (excludes halogenated alkanes) is 8. The Hall–Kier alpha value is -0.0631. The summed E-state index contributed by atoms with van der Waals surface area (Å²) in [6, 6.07) is 0.942. The predicted octanol–water partition coefficient (Wildman–Crippen LogP) is 5.63. The lowest BCUT2D eigenvalue weighted by molar-refractivity contribution is 0.0181. The summed E-state index contributed by atoms with van der Waals surface area (Å²) < 4.78 is 39.2. The Kier molecular flexibility index (Phi) is 26.5. The third-order valence-electron chi connectivity index (χ3n) is 5.25. The summed E-state index contributed by atoms with van der Waals surface area (Å²) in [7, 11) is -0.765. The smallest absolute Gasteiger partial charge is 0.382 e. The zero-order chi connectivity index (χ0) is 24.3. The molecule has 0 heterocycles. The van der Waals surface area contributed by atoms with Gasteiger partial charge in [0, 0.05) is 52.8 Å². The number of methoxy groups -OCH3 is 1. The normalized spacial score (nSPS) is 12.0. The summed E-state index contributed by atoms with van der Waals surface area (Å²) in [6.45, 7) is 13.0. The van der Waals surface area contributed by atoms with E-state index in [1.54, 1.807) is 7.11 Å². The maximum Gasteiger partial charge on any atom is 0.500 e. The van der Waals surface area contributed by atoms with Crippen LogP contribution in [0.2, 0.25) is 6.04 Å². The Bertz CT molecular complexity index is 358. The molecule has 33 heavy (non-hydrogen) atoms. The first kappa shape index (κ1) is 32.9. The summed E-state index contributed by atoms with van der Waals surface area (Å²) in [5, 5.41) is 0. The lowest BCUT2D eigenvalue weighted by atomic mass is 10.1. The first-order valence-corrected chi connectivity index (χ1v) is 15.3. The number of hydrogen-bond donors (Lipinski definition) is 0. The molecule has 0 aromatic rings. The second-order valence-electron chi connectivity index (χ2n) is 8.10. The van der Waals surface area contributed by atoms with Gasteiger partial charge in [-0.05, 0) is 40.0 Å². The molecule has 0 fully saturated rings. The molecule has 0 aliphatic heterocycles. The molecule has 0 aliphatic carbocycles. The van der Waals surface area contributed by atoms with Gasteiger partial charge in [-0.15, -0.1) is 0 Å². The summed E-state index contributed by atoms with van der Waals surface area (Å²) in [5.74, 6) is 0. The van der Waals surface area contributed by atoms with E-state index in [4.69, 9.17) is 32.2 Å². The molecular formula is C25H54O7Si. The third kappa shape index (κ3) is 22.2. The molecule has 0 rings (SSSR count). The highest BCUT2D eigenvalue weighted by Gasteiger charge is 2.39. The third-order valence-corrected chi connectivity index (χ3v) is 8.40. The molecule has 7 nitrogen and oxygen atoms in total. The second kappa shape index (κ2) is 26.5. The highest BCUT2D eigenvalue weighted by Crippen LogP contribution is 2.21. The van der Waals surface area contributed by atoms with E-state index in [2.05, 4.69) is 0 Å². The molecule has 0 aliphatic rings. The summed E-state index contributed by atoms with van der Waals surface area (Å²) >= 11 is 0. The molecule has 0 saturated carbocycles. The van der Waals surface area contributed by atoms with Crippen LogP contribution < -0.4 is 0 Å². The van der Waals surface area contributed by atoms with Crippen molar-refractivity contribution in [1.29, 1.82) is 0 Å². The number of rotatable bonds is 28. The van der Waals surface area contributed by atoms with E-state index in [1.807, 2.05) is 20.8 Å². The van der Waals surface area contributed by atoms with Gasteiger partial charge in [0.2, 0.25) is 0 Å². The van der Waals surface area contributed by atoms with Gasteiger partial charge in [0.05, 0.1) is 26.4 Å². The predicted molar refractivity (Wildman–Crippen MR) is 136 cm³/mol. The molecule has 0 amide bonds. The number of hydrogen-bond acceptors (Lipinski definition) is 7. The minimum Gasteiger partial charge on any atom is -0.382 e. The van der Waals surface area contributed by atoms with E-state index in [1.165, 1.54) is 44.9 Å². The Labute approximate surface area is 205 Å². The van der Waals surface area contributed by atoms with Crippen LogP contribution in [0, 0.1) is 0 Å². The van der Waals surface area contributed by atoms with Gasteiger partial charge in [-0.2, -0.15) is 0 Å². The molecule has 0 aromatic carbocycles. The van der Waals surface area contributed by atoms with Crippen molar-refractivity contribution in [3.63, 3.8) is 0 Å². The van der Waals surface area contributed by atoms with Crippen molar-refractivity contribution in [3.8, 4) is 0 Å². The van der Waals surface area contributed by atoms with Crippen LogP contribution in [0.5, 0.6) is 0 Å². The monoisotopic (exact) mass is 494 g/mol. The highest BCUT2D eigenvalue weighted by molar-refractivity contribution is 6.60. The van der Waals surface area contributed by atoms with Crippen molar-refractivity contribution in [1.82, 2.24) is 0 Å². The Morgan fingerprint density at radius 2 is 0.818 bits per heavy atom. The summed E-state index contributed by atoms with van der Waals surface area (Å²) in [5.41, 5.74) is 0. The lowest BCUT2D eigenvalue weighted by Crippen LogP contribution is -2.45. The average molecular weight is 495 g/mol. The van der Waals surface area contributed by atoms with Crippen molar-refractivity contribution in [2.75, 3.05) is 73.2 Å². The average Bonchev–Trinajstić information content (AvgIpc) is 2.80. The van der Waals surface area contributed by atoms with Crippen LogP contribution in [0.4, 0.5) is 0 Å². The summed E-state index contributed by atoms with van der Waals surface area (Å²) in [6.07, 6.45) is 12.3. The van der Waals surface area contributed by atoms with Crippen molar-refractivity contribution < 1.29 is 32.2 Å². The van der Waals surface area contributed by atoms with Crippen LogP contribution in [-0.4, -0.2) is 82.0 Å². The zero-order valence-corrected chi connectivity index (χ0v) is 23.2. The van der Waals surface area contributed by atoms with Gasteiger partial charge in [0.1, 0.15) is 0 Å². The molecule has 0 atom stereocenters. The van der Waals surface area contributed by atoms with E-state index < -0.39 is 8.80 Å². The van der Waals surface area contributed by atoms with Crippen LogP contribution in [0.3, 0.4) is 0 Å². The van der Waals surface area contributed by atoms with Crippen molar-refractivity contribution in [3.05, 3.63) is 0 Å². The molecule has 0 bridgehead atoms. The maximum atomic E-state index is 5.92. The second-order valence-corrected chi connectivity index (χ2v) is 10.8. The Morgan fingerprint density at radius 3 is 1.33 bits per heavy atom. The first-order chi connectivity index (χ1) is 16.2. The molecule has 0 unspecified atom stereocenters. The Morgan fingerprint density at radius 1 is 0.424 bits per heavy atom. The quantitative estimate of drug-likeness (QED) is 0.103. The van der Waals surface area contributed by atoms with Gasteiger partial charge in [-0.1, -0.05) is 44.9 Å². The largest absolute Gasteiger partial charge is 0.500 e. The SMILES string of the molecule is CCO[Si](CCCCCCCCCCCOCCCOCCOCCOC)(OCC)OCC. The van der Waals surface area contributed by atoms with Crippen LogP contribution in [0.25, 0.3) is 0 Å². The fourth-order valence-electron chi connectivity index (χ4n) is 3.61. The minimum absolute atomic E-state index is 0.627. The first-order valence-electron chi connectivity index (χ1n) is 13.4. The van der Waals surface area contributed by atoms with E-state index >= 15 is 0 Å². The molecule has 0 aromatic heterocycles. The van der Waals surface area contributed by atoms with Crippen molar-refractivity contribution >= 4 is 8.80 Å². The van der Waals surface area contributed by atoms with Crippen LogP contribution in [0.15, 0.2) is 0 Å². The van der Waals surface area contributed by atoms with Gasteiger partial charge in [-0.25, -0.2) is 0 Å². The van der Waals surface area contributed by atoms with Crippen LogP contribution in [-0.2, 0) is 32.2 Å². The van der Waals surface area contributed by atoms with Gasteiger partial charge in [-0.3, -0.25) is 0 Å². The highest BCUT2D eigenvalue weighted by atomic mass is 28.4.